The summed E-state index contributed by atoms with van der Waals surface area (Å²) in [6, 6.07) is 5.81. The number of methoxy groups -OCH3 is 1. The second-order valence-corrected chi connectivity index (χ2v) is 5.88. The SMILES string of the molecule is COc1cc2c(cc1NC(=S)N(C)C)CCCC(=O)N2CC#N. The molecule has 122 valence electrons. The van der Waals surface area contributed by atoms with Gasteiger partial charge in [0.25, 0.3) is 0 Å². The van der Waals surface area contributed by atoms with Gasteiger partial charge < -0.3 is 15.0 Å². The number of aryl methyl sites for hydroxylation is 1. The highest BCUT2D eigenvalue weighted by atomic mass is 32.1. The Morgan fingerprint density at radius 3 is 2.83 bits per heavy atom. The quantitative estimate of drug-likeness (QED) is 0.676. The molecule has 1 aliphatic rings. The number of hydrogen-bond donors (Lipinski definition) is 1. The standard InChI is InChI=1S/C16H20N4O2S/c1-19(2)16(23)18-12-9-11-5-4-6-15(21)20(8-7-17)13(11)10-14(12)22-3/h9-10H,4-6,8H2,1-3H3,(H,18,23). The lowest BCUT2D eigenvalue weighted by atomic mass is 10.1. The van der Waals surface area contributed by atoms with Crippen molar-refractivity contribution in [3.63, 3.8) is 0 Å². The molecule has 0 spiro atoms. The van der Waals surface area contributed by atoms with E-state index in [-0.39, 0.29) is 12.5 Å². The maximum Gasteiger partial charge on any atom is 0.227 e. The molecule has 1 N–H and O–H groups in total. The minimum Gasteiger partial charge on any atom is -0.494 e. The van der Waals surface area contributed by atoms with E-state index in [0.717, 1.165) is 29.8 Å². The normalized spacial score (nSPS) is 13.7. The molecule has 7 heteroatoms. The molecule has 0 fully saturated rings. The number of ether oxygens (including phenoxy) is 1. The summed E-state index contributed by atoms with van der Waals surface area (Å²) in [5, 5.41) is 12.7. The second kappa shape index (κ2) is 7.29. The fraction of sp³-hybridized carbons (Fsp3) is 0.438. The van der Waals surface area contributed by atoms with Crippen LogP contribution in [0.1, 0.15) is 18.4 Å². The summed E-state index contributed by atoms with van der Waals surface area (Å²) >= 11 is 5.28. The number of amides is 1. The van der Waals surface area contributed by atoms with Gasteiger partial charge in [0.15, 0.2) is 5.11 Å². The van der Waals surface area contributed by atoms with Gasteiger partial charge in [-0.2, -0.15) is 5.26 Å². The van der Waals surface area contributed by atoms with Crippen molar-refractivity contribution in [2.75, 3.05) is 38.0 Å². The van der Waals surface area contributed by atoms with Crippen LogP contribution in [-0.4, -0.2) is 43.7 Å². The molecule has 1 aliphatic heterocycles. The van der Waals surface area contributed by atoms with E-state index in [1.54, 1.807) is 18.1 Å². The van der Waals surface area contributed by atoms with Gasteiger partial charge in [0.1, 0.15) is 12.3 Å². The van der Waals surface area contributed by atoms with Gasteiger partial charge in [-0.3, -0.25) is 9.69 Å². The van der Waals surface area contributed by atoms with Crippen LogP contribution in [0.2, 0.25) is 0 Å². The molecular formula is C16H20N4O2S. The number of nitrogens with one attached hydrogen (secondary N) is 1. The van der Waals surface area contributed by atoms with Crippen molar-refractivity contribution >= 4 is 34.6 Å². The lowest BCUT2D eigenvalue weighted by molar-refractivity contribution is -0.118. The van der Waals surface area contributed by atoms with E-state index in [2.05, 4.69) is 11.4 Å². The topological polar surface area (TPSA) is 68.6 Å². The molecule has 1 heterocycles. The molecule has 0 unspecified atom stereocenters. The predicted molar refractivity (Wildman–Crippen MR) is 93.8 cm³/mol. The summed E-state index contributed by atoms with van der Waals surface area (Å²) in [7, 11) is 5.29. The van der Waals surface area contributed by atoms with E-state index >= 15 is 0 Å². The number of nitriles is 1. The van der Waals surface area contributed by atoms with E-state index in [4.69, 9.17) is 22.2 Å². The second-order valence-electron chi connectivity index (χ2n) is 5.50. The average Bonchev–Trinajstić information content (AvgIpc) is 2.66. The highest BCUT2D eigenvalue weighted by Gasteiger charge is 2.24. The molecule has 0 radical (unpaired) electrons. The van der Waals surface area contributed by atoms with Gasteiger partial charge in [-0.1, -0.05) is 0 Å². The van der Waals surface area contributed by atoms with Crippen LogP contribution in [0.3, 0.4) is 0 Å². The van der Waals surface area contributed by atoms with Crippen LogP contribution >= 0.6 is 12.2 Å². The Balaban J connectivity index is 2.47. The molecular weight excluding hydrogens is 312 g/mol. The van der Waals surface area contributed by atoms with Gasteiger partial charge in [0.05, 0.1) is 24.6 Å². The van der Waals surface area contributed by atoms with Crippen LogP contribution in [-0.2, 0) is 11.2 Å². The number of carbonyl (C=O) groups excluding carboxylic acids is 1. The maximum absolute atomic E-state index is 12.2. The largest absolute Gasteiger partial charge is 0.494 e. The molecule has 0 aromatic heterocycles. The number of anilines is 2. The first-order valence-corrected chi connectivity index (χ1v) is 7.75. The molecule has 0 aliphatic carbocycles. The van der Waals surface area contributed by atoms with Gasteiger partial charge in [0, 0.05) is 26.6 Å². The Hall–Kier alpha value is -2.33. The van der Waals surface area contributed by atoms with E-state index in [1.165, 1.54) is 4.90 Å². The molecule has 23 heavy (non-hydrogen) atoms. The summed E-state index contributed by atoms with van der Waals surface area (Å²) in [5.41, 5.74) is 2.51. The maximum atomic E-state index is 12.2. The zero-order valence-electron chi connectivity index (χ0n) is 13.5. The molecule has 1 aromatic carbocycles. The van der Waals surface area contributed by atoms with E-state index in [1.807, 2.05) is 20.2 Å². The predicted octanol–water partition coefficient (Wildman–Crippen LogP) is 2.15. The van der Waals surface area contributed by atoms with E-state index < -0.39 is 0 Å². The summed E-state index contributed by atoms with van der Waals surface area (Å²) in [4.78, 5) is 15.5. The number of benzene rings is 1. The minimum atomic E-state index is -0.0307. The average molecular weight is 332 g/mol. The number of fused-ring (bicyclic) bond motifs is 1. The zero-order chi connectivity index (χ0) is 17.0. The third kappa shape index (κ3) is 3.71. The van der Waals surface area contributed by atoms with Gasteiger partial charge in [-0.05, 0) is 36.7 Å². The number of hydrogen-bond acceptors (Lipinski definition) is 4. The Kier molecular flexibility index (Phi) is 5.40. The van der Waals surface area contributed by atoms with Crippen molar-refractivity contribution in [2.45, 2.75) is 19.3 Å². The molecule has 6 nitrogen and oxygen atoms in total. The number of rotatable bonds is 3. The van der Waals surface area contributed by atoms with Crippen molar-refractivity contribution in [2.24, 2.45) is 0 Å². The zero-order valence-corrected chi connectivity index (χ0v) is 14.4. The van der Waals surface area contributed by atoms with Gasteiger partial charge in [0.2, 0.25) is 5.91 Å². The molecule has 0 saturated heterocycles. The first-order chi connectivity index (χ1) is 11.0. The number of nitrogens with zero attached hydrogens (tertiary/aromatic N) is 3. The first kappa shape index (κ1) is 17.0. The van der Waals surface area contributed by atoms with Crippen molar-refractivity contribution in [1.82, 2.24) is 4.90 Å². The van der Waals surface area contributed by atoms with Gasteiger partial charge in [-0.25, -0.2) is 0 Å². The van der Waals surface area contributed by atoms with Gasteiger partial charge in [-0.15, -0.1) is 0 Å². The number of carbonyl (C=O) groups is 1. The third-order valence-electron chi connectivity index (χ3n) is 3.71. The van der Waals surface area contributed by atoms with Crippen molar-refractivity contribution in [3.05, 3.63) is 17.7 Å². The third-order valence-corrected chi connectivity index (χ3v) is 4.17. The fourth-order valence-electron chi connectivity index (χ4n) is 2.50. The van der Waals surface area contributed by atoms with Crippen molar-refractivity contribution in [3.8, 4) is 11.8 Å². The Bertz CT molecular complexity index is 667. The van der Waals surface area contributed by atoms with Crippen molar-refractivity contribution in [1.29, 1.82) is 5.26 Å². The van der Waals surface area contributed by atoms with Crippen LogP contribution < -0.4 is 15.0 Å². The molecule has 1 aromatic rings. The monoisotopic (exact) mass is 332 g/mol. The van der Waals surface area contributed by atoms with Crippen LogP contribution in [0.15, 0.2) is 12.1 Å². The Morgan fingerprint density at radius 1 is 1.48 bits per heavy atom. The summed E-state index contributed by atoms with van der Waals surface area (Å²) < 4.78 is 5.43. The molecule has 1 amide bonds. The number of thiocarbonyl (C=S) groups is 1. The van der Waals surface area contributed by atoms with Crippen LogP contribution in [0, 0.1) is 11.3 Å². The lowest BCUT2D eigenvalue weighted by Gasteiger charge is -2.23. The van der Waals surface area contributed by atoms with Crippen LogP contribution in [0.5, 0.6) is 5.75 Å². The fourth-order valence-corrected chi connectivity index (χ4v) is 2.61. The lowest BCUT2D eigenvalue weighted by Crippen LogP contribution is -2.30. The smallest absolute Gasteiger partial charge is 0.227 e. The minimum absolute atomic E-state index is 0.0307. The Morgan fingerprint density at radius 2 is 2.22 bits per heavy atom. The van der Waals surface area contributed by atoms with Crippen molar-refractivity contribution < 1.29 is 9.53 Å². The molecule has 0 saturated carbocycles. The highest BCUT2D eigenvalue weighted by Crippen LogP contribution is 2.36. The summed E-state index contributed by atoms with van der Waals surface area (Å²) in [5.74, 6) is 0.558. The summed E-state index contributed by atoms with van der Waals surface area (Å²) in [6.45, 7) is 0.0396. The summed E-state index contributed by atoms with van der Waals surface area (Å²) in [6.07, 6.45) is 1.98. The molecule has 0 bridgehead atoms. The van der Waals surface area contributed by atoms with Crippen LogP contribution in [0.25, 0.3) is 0 Å². The first-order valence-electron chi connectivity index (χ1n) is 7.34. The van der Waals surface area contributed by atoms with E-state index in [0.29, 0.717) is 17.3 Å². The Labute approximate surface area is 141 Å². The molecule has 0 atom stereocenters. The highest BCUT2D eigenvalue weighted by molar-refractivity contribution is 7.80. The van der Waals surface area contributed by atoms with E-state index in [9.17, 15) is 4.79 Å². The molecule has 2 rings (SSSR count). The van der Waals surface area contributed by atoms with Crippen LogP contribution in [0.4, 0.5) is 11.4 Å². The van der Waals surface area contributed by atoms with Gasteiger partial charge >= 0.3 is 0 Å².